The first kappa shape index (κ1) is 14.9. The van der Waals surface area contributed by atoms with E-state index in [4.69, 9.17) is 5.73 Å². The first-order valence-electron chi connectivity index (χ1n) is 7.78. The Kier molecular flexibility index (Phi) is 3.63. The van der Waals surface area contributed by atoms with Gasteiger partial charge in [-0.2, -0.15) is 5.10 Å². The van der Waals surface area contributed by atoms with Gasteiger partial charge in [0.15, 0.2) is 11.5 Å². The topological polar surface area (TPSA) is 85.3 Å². The summed E-state index contributed by atoms with van der Waals surface area (Å²) in [6, 6.07) is 20.4. The number of carbonyl (C=O) groups is 1. The number of nitrogens with two attached hydrogens (primary N) is 1. The maximum atomic E-state index is 12.3. The predicted octanol–water partition coefficient (Wildman–Crippen LogP) is 3.23. The van der Waals surface area contributed by atoms with E-state index in [1.165, 1.54) is 0 Å². The first-order chi connectivity index (χ1) is 12.2. The summed E-state index contributed by atoms with van der Waals surface area (Å²) in [5, 5.41) is 7.32. The van der Waals surface area contributed by atoms with Gasteiger partial charge in [-0.25, -0.2) is 9.50 Å². The standard InChI is InChI=1S/C19H15N5O/c20-15-8-6-14(7-9-15)19(25)22-17-12-24-18(21-17)11-10-16(23-24)13-4-2-1-3-5-13/h1-12H,20H2,(H,22,25). The highest BCUT2D eigenvalue weighted by molar-refractivity contribution is 6.04. The van der Waals surface area contributed by atoms with Gasteiger partial charge in [0.1, 0.15) is 0 Å². The van der Waals surface area contributed by atoms with Crippen molar-refractivity contribution in [3.8, 4) is 11.3 Å². The average Bonchev–Trinajstić information content (AvgIpc) is 3.04. The van der Waals surface area contributed by atoms with Crippen molar-refractivity contribution in [3.05, 3.63) is 78.5 Å². The molecule has 0 fully saturated rings. The van der Waals surface area contributed by atoms with Crippen molar-refractivity contribution in [1.29, 1.82) is 0 Å². The molecule has 0 atom stereocenters. The third-order valence-electron chi connectivity index (χ3n) is 3.80. The van der Waals surface area contributed by atoms with Gasteiger partial charge in [-0.1, -0.05) is 30.3 Å². The fraction of sp³-hybridized carbons (Fsp3) is 0. The van der Waals surface area contributed by atoms with Gasteiger partial charge < -0.3 is 11.1 Å². The SMILES string of the molecule is Nc1ccc(C(=O)Nc2cn3nc(-c4ccccc4)ccc3n2)cc1. The molecule has 0 aliphatic carbocycles. The van der Waals surface area contributed by atoms with Crippen molar-refractivity contribution in [3.63, 3.8) is 0 Å². The van der Waals surface area contributed by atoms with Crippen molar-refractivity contribution in [2.45, 2.75) is 0 Å². The Labute approximate surface area is 143 Å². The first-order valence-corrected chi connectivity index (χ1v) is 7.78. The summed E-state index contributed by atoms with van der Waals surface area (Å²) in [4.78, 5) is 16.6. The number of nitrogens with zero attached hydrogens (tertiary/aromatic N) is 3. The molecule has 0 spiro atoms. The lowest BCUT2D eigenvalue weighted by Gasteiger charge is -2.01. The Balaban J connectivity index is 1.61. The quantitative estimate of drug-likeness (QED) is 0.565. The molecule has 6 heteroatoms. The second kappa shape index (κ2) is 6.09. The number of nitrogens with one attached hydrogen (secondary N) is 1. The summed E-state index contributed by atoms with van der Waals surface area (Å²) >= 11 is 0. The van der Waals surface area contributed by atoms with Gasteiger partial charge >= 0.3 is 0 Å². The van der Waals surface area contributed by atoms with Crippen LogP contribution in [-0.2, 0) is 0 Å². The molecule has 1 amide bonds. The molecule has 2 aromatic carbocycles. The molecule has 0 bridgehead atoms. The van der Waals surface area contributed by atoms with Crippen molar-refractivity contribution in [2.24, 2.45) is 0 Å². The van der Waals surface area contributed by atoms with Crippen molar-refractivity contribution in [1.82, 2.24) is 14.6 Å². The number of imidazole rings is 1. The van der Waals surface area contributed by atoms with Gasteiger partial charge in [0.05, 0.1) is 11.9 Å². The number of nitrogen functional groups attached to an aromatic ring is 1. The summed E-state index contributed by atoms with van der Waals surface area (Å²) in [6.45, 7) is 0. The molecule has 25 heavy (non-hydrogen) atoms. The molecule has 6 nitrogen and oxygen atoms in total. The molecule has 0 saturated carbocycles. The van der Waals surface area contributed by atoms with Gasteiger partial charge in [0.2, 0.25) is 0 Å². The Morgan fingerprint density at radius 3 is 2.48 bits per heavy atom. The van der Waals surface area contributed by atoms with Crippen LogP contribution in [0.15, 0.2) is 72.9 Å². The van der Waals surface area contributed by atoms with Crippen LogP contribution in [0.1, 0.15) is 10.4 Å². The summed E-state index contributed by atoms with van der Waals surface area (Å²) in [7, 11) is 0. The summed E-state index contributed by atoms with van der Waals surface area (Å²) in [5.74, 6) is 0.200. The molecule has 0 radical (unpaired) electrons. The van der Waals surface area contributed by atoms with Crippen LogP contribution in [-0.4, -0.2) is 20.5 Å². The van der Waals surface area contributed by atoms with E-state index in [0.717, 1.165) is 11.3 Å². The lowest BCUT2D eigenvalue weighted by molar-refractivity contribution is 0.102. The number of aromatic nitrogens is 3. The molecule has 0 saturated heterocycles. The van der Waals surface area contributed by atoms with Crippen LogP contribution in [0.3, 0.4) is 0 Å². The van der Waals surface area contributed by atoms with Gasteiger partial charge in [-0.05, 0) is 36.4 Å². The van der Waals surface area contributed by atoms with Crippen LogP contribution < -0.4 is 11.1 Å². The molecule has 122 valence electrons. The minimum atomic E-state index is -0.244. The molecular formula is C19H15N5O. The highest BCUT2D eigenvalue weighted by Gasteiger charge is 2.10. The molecule has 0 unspecified atom stereocenters. The minimum Gasteiger partial charge on any atom is -0.399 e. The van der Waals surface area contributed by atoms with Gasteiger partial charge in [0, 0.05) is 16.8 Å². The Bertz CT molecular complexity index is 1040. The van der Waals surface area contributed by atoms with E-state index >= 15 is 0 Å². The van der Waals surface area contributed by atoms with Crippen LogP contribution in [0.25, 0.3) is 16.9 Å². The second-order valence-corrected chi connectivity index (χ2v) is 5.59. The van der Waals surface area contributed by atoms with E-state index in [2.05, 4.69) is 15.4 Å². The third kappa shape index (κ3) is 3.05. The Morgan fingerprint density at radius 2 is 1.72 bits per heavy atom. The maximum Gasteiger partial charge on any atom is 0.256 e. The number of hydrogen-bond donors (Lipinski definition) is 2. The molecule has 4 rings (SSSR count). The second-order valence-electron chi connectivity index (χ2n) is 5.59. The van der Waals surface area contributed by atoms with Crippen LogP contribution in [0.2, 0.25) is 0 Å². The monoisotopic (exact) mass is 329 g/mol. The molecule has 2 heterocycles. The Morgan fingerprint density at radius 1 is 0.960 bits per heavy atom. The fourth-order valence-electron chi connectivity index (χ4n) is 2.53. The predicted molar refractivity (Wildman–Crippen MR) is 97.2 cm³/mol. The zero-order valence-corrected chi connectivity index (χ0v) is 13.3. The molecule has 2 aromatic heterocycles. The largest absolute Gasteiger partial charge is 0.399 e. The number of benzene rings is 2. The van der Waals surface area contributed by atoms with Gasteiger partial charge in [-0.15, -0.1) is 0 Å². The van der Waals surface area contributed by atoms with Crippen LogP contribution in [0, 0.1) is 0 Å². The van der Waals surface area contributed by atoms with Crippen molar-refractivity contribution >= 4 is 23.1 Å². The molecule has 3 N–H and O–H groups in total. The summed E-state index contributed by atoms with van der Waals surface area (Å²) in [5.41, 5.74) is 9.28. The van der Waals surface area contributed by atoms with Crippen molar-refractivity contribution in [2.75, 3.05) is 11.1 Å². The molecular weight excluding hydrogens is 314 g/mol. The Hall–Kier alpha value is -3.67. The number of amides is 1. The highest BCUT2D eigenvalue weighted by atomic mass is 16.1. The van der Waals surface area contributed by atoms with Crippen molar-refractivity contribution < 1.29 is 4.79 Å². The number of rotatable bonds is 3. The number of carbonyl (C=O) groups excluding carboxylic acids is 1. The lowest BCUT2D eigenvalue weighted by atomic mass is 10.1. The zero-order chi connectivity index (χ0) is 17.2. The number of anilines is 2. The van der Waals surface area contributed by atoms with Crippen LogP contribution in [0.5, 0.6) is 0 Å². The maximum absolute atomic E-state index is 12.3. The summed E-state index contributed by atoms with van der Waals surface area (Å²) in [6.07, 6.45) is 1.69. The summed E-state index contributed by atoms with van der Waals surface area (Å²) < 4.78 is 1.65. The lowest BCUT2D eigenvalue weighted by Crippen LogP contribution is -2.12. The smallest absolute Gasteiger partial charge is 0.256 e. The average molecular weight is 329 g/mol. The van der Waals surface area contributed by atoms with E-state index < -0.39 is 0 Å². The van der Waals surface area contributed by atoms with E-state index in [1.807, 2.05) is 42.5 Å². The molecule has 0 aliphatic rings. The molecule has 0 aliphatic heterocycles. The minimum absolute atomic E-state index is 0.244. The zero-order valence-electron chi connectivity index (χ0n) is 13.3. The van der Waals surface area contributed by atoms with E-state index in [0.29, 0.717) is 22.7 Å². The van der Waals surface area contributed by atoms with E-state index in [-0.39, 0.29) is 5.91 Å². The third-order valence-corrected chi connectivity index (χ3v) is 3.80. The number of fused-ring (bicyclic) bond motifs is 1. The van der Waals surface area contributed by atoms with Gasteiger partial charge in [-0.3, -0.25) is 4.79 Å². The van der Waals surface area contributed by atoms with Crippen LogP contribution >= 0.6 is 0 Å². The van der Waals surface area contributed by atoms with Crippen LogP contribution in [0.4, 0.5) is 11.5 Å². The van der Waals surface area contributed by atoms with E-state index in [9.17, 15) is 4.79 Å². The van der Waals surface area contributed by atoms with E-state index in [1.54, 1.807) is 35.0 Å². The fourth-order valence-corrected chi connectivity index (χ4v) is 2.53. The highest BCUT2D eigenvalue weighted by Crippen LogP contribution is 2.18. The van der Waals surface area contributed by atoms with Gasteiger partial charge in [0.25, 0.3) is 5.91 Å². The molecule has 4 aromatic rings. The normalized spacial score (nSPS) is 10.7. The number of hydrogen-bond acceptors (Lipinski definition) is 4.